The van der Waals surface area contributed by atoms with Crippen LogP contribution in [-0.4, -0.2) is 5.78 Å². The van der Waals surface area contributed by atoms with Gasteiger partial charge in [0.15, 0.2) is 5.78 Å². The first kappa shape index (κ1) is 11.1. The fourth-order valence-corrected chi connectivity index (χ4v) is 2.56. The Morgan fingerprint density at radius 2 is 1.75 bits per heavy atom. The molecule has 0 aliphatic rings. The molecule has 1 aromatic carbocycles. The van der Waals surface area contributed by atoms with E-state index in [4.69, 9.17) is 0 Å². The van der Waals surface area contributed by atoms with Crippen molar-refractivity contribution in [2.24, 2.45) is 0 Å². The second kappa shape index (κ2) is 4.22. The molecular weight excluding hydrogens is 216 g/mol. The van der Waals surface area contributed by atoms with Gasteiger partial charge in [-0.15, -0.1) is 0 Å². The Morgan fingerprint density at radius 1 is 1.00 bits per heavy atom. The summed E-state index contributed by atoms with van der Waals surface area (Å²) in [6.45, 7) is 6.02. The quantitative estimate of drug-likeness (QED) is 0.715. The molecule has 82 valence electrons. The lowest BCUT2D eigenvalue weighted by Crippen LogP contribution is -2.04. The SMILES string of the molecule is Cc1cscc1C(=O)c1cccc(C)c1C. The minimum Gasteiger partial charge on any atom is -0.289 e. The molecule has 0 unspecified atom stereocenters. The molecule has 0 bridgehead atoms. The van der Waals surface area contributed by atoms with Crippen LogP contribution in [0.3, 0.4) is 0 Å². The standard InChI is InChI=1S/C14H14OS/c1-9-5-4-6-12(11(9)3)14(15)13-8-16-7-10(13)2/h4-8H,1-3H3. The third-order valence-corrected chi connectivity index (χ3v) is 3.81. The van der Waals surface area contributed by atoms with E-state index < -0.39 is 0 Å². The molecule has 0 aliphatic heterocycles. The molecule has 0 atom stereocenters. The largest absolute Gasteiger partial charge is 0.289 e. The summed E-state index contributed by atoms with van der Waals surface area (Å²) in [6, 6.07) is 5.88. The van der Waals surface area contributed by atoms with E-state index in [1.807, 2.05) is 49.7 Å². The Morgan fingerprint density at radius 3 is 2.38 bits per heavy atom. The predicted molar refractivity (Wildman–Crippen MR) is 68.4 cm³/mol. The highest BCUT2D eigenvalue weighted by Gasteiger charge is 2.14. The molecule has 0 saturated heterocycles. The van der Waals surface area contributed by atoms with Crippen LogP contribution in [0.25, 0.3) is 0 Å². The number of carbonyl (C=O) groups excluding carboxylic acids is 1. The predicted octanol–water partition coefficient (Wildman–Crippen LogP) is 3.90. The molecule has 0 aliphatic carbocycles. The zero-order valence-corrected chi connectivity index (χ0v) is 10.5. The van der Waals surface area contributed by atoms with Gasteiger partial charge in [0.2, 0.25) is 0 Å². The number of hydrogen-bond acceptors (Lipinski definition) is 2. The third-order valence-electron chi connectivity index (χ3n) is 2.95. The highest BCUT2D eigenvalue weighted by molar-refractivity contribution is 7.08. The van der Waals surface area contributed by atoms with Crippen LogP contribution in [0.1, 0.15) is 32.6 Å². The molecule has 2 heteroatoms. The van der Waals surface area contributed by atoms with Gasteiger partial charge in [-0.3, -0.25) is 4.79 Å². The second-order valence-corrected chi connectivity index (χ2v) is 4.79. The minimum atomic E-state index is 0.139. The van der Waals surface area contributed by atoms with Gasteiger partial charge in [0.1, 0.15) is 0 Å². The van der Waals surface area contributed by atoms with Gasteiger partial charge in [-0.1, -0.05) is 18.2 Å². The summed E-state index contributed by atoms with van der Waals surface area (Å²) in [5, 5.41) is 3.94. The second-order valence-electron chi connectivity index (χ2n) is 4.05. The molecule has 0 radical (unpaired) electrons. The molecule has 0 fully saturated rings. The maximum atomic E-state index is 12.3. The van der Waals surface area contributed by atoms with Gasteiger partial charge in [0.25, 0.3) is 0 Å². The fourth-order valence-electron chi connectivity index (χ4n) is 1.74. The summed E-state index contributed by atoms with van der Waals surface area (Å²) in [6.07, 6.45) is 0. The summed E-state index contributed by atoms with van der Waals surface area (Å²) >= 11 is 1.58. The summed E-state index contributed by atoms with van der Waals surface area (Å²) in [4.78, 5) is 12.3. The summed E-state index contributed by atoms with van der Waals surface area (Å²) in [5.74, 6) is 0.139. The van der Waals surface area contributed by atoms with Crippen molar-refractivity contribution in [1.29, 1.82) is 0 Å². The number of carbonyl (C=O) groups is 1. The average molecular weight is 230 g/mol. The Hall–Kier alpha value is -1.41. The fraction of sp³-hybridized carbons (Fsp3) is 0.214. The summed E-state index contributed by atoms with van der Waals surface area (Å²) in [5.41, 5.74) is 4.97. The van der Waals surface area contributed by atoms with Crippen molar-refractivity contribution in [3.05, 3.63) is 56.8 Å². The number of rotatable bonds is 2. The Kier molecular flexibility index (Phi) is 2.92. The molecule has 0 spiro atoms. The highest BCUT2D eigenvalue weighted by atomic mass is 32.1. The van der Waals surface area contributed by atoms with E-state index >= 15 is 0 Å². The lowest BCUT2D eigenvalue weighted by atomic mass is 9.96. The smallest absolute Gasteiger partial charge is 0.194 e. The third kappa shape index (κ3) is 1.81. The van der Waals surface area contributed by atoms with Crippen molar-refractivity contribution in [2.75, 3.05) is 0 Å². The van der Waals surface area contributed by atoms with Crippen LogP contribution in [0.15, 0.2) is 29.0 Å². The number of benzene rings is 1. The van der Waals surface area contributed by atoms with Crippen LogP contribution in [0.4, 0.5) is 0 Å². The van der Waals surface area contributed by atoms with Gasteiger partial charge in [0.05, 0.1) is 0 Å². The van der Waals surface area contributed by atoms with Crippen LogP contribution in [0, 0.1) is 20.8 Å². The van der Waals surface area contributed by atoms with Crippen molar-refractivity contribution >= 4 is 17.1 Å². The van der Waals surface area contributed by atoms with Crippen LogP contribution < -0.4 is 0 Å². The number of ketones is 1. The van der Waals surface area contributed by atoms with E-state index in [1.165, 1.54) is 5.56 Å². The number of aryl methyl sites for hydroxylation is 2. The first-order valence-electron chi connectivity index (χ1n) is 5.25. The minimum absolute atomic E-state index is 0.139. The first-order chi connectivity index (χ1) is 7.61. The first-order valence-corrected chi connectivity index (χ1v) is 6.19. The summed E-state index contributed by atoms with van der Waals surface area (Å²) < 4.78 is 0. The van der Waals surface area contributed by atoms with Crippen LogP contribution >= 0.6 is 11.3 Å². The monoisotopic (exact) mass is 230 g/mol. The molecule has 1 nitrogen and oxygen atoms in total. The zero-order valence-electron chi connectivity index (χ0n) is 9.70. The van der Waals surface area contributed by atoms with E-state index in [0.717, 1.165) is 22.3 Å². The molecule has 2 rings (SSSR count). The van der Waals surface area contributed by atoms with Crippen molar-refractivity contribution in [3.63, 3.8) is 0 Å². The average Bonchev–Trinajstić information content (AvgIpc) is 2.68. The summed E-state index contributed by atoms with van der Waals surface area (Å²) in [7, 11) is 0. The molecule has 1 heterocycles. The van der Waals surface area contributed by atoms with Crippen LogP contribution in [-0.2, 0) is 0 Å². The molecule has 0 N–H and O–H groups in total. The van der Waals surface area contributed by atoms with E-state index in [-0.39, 0.29) is 5.78 Å². The number of thiophene rings is 1. The Labute approximate surface area is 99.8 Å². The lowest BCUT2D eigenvalue weighted by Gasteiger charge is -2.07. The molecule has 0 amide bonds. The molecule has 16 heavy (non-hydrogen) atoms. The van der Waals surface area contributed by atoms with E-state index in [2.05, 4.69) is 0 Å². The van der Waals surface area contributed by atoms with Crippen LogP contribution in [0.5, 0.6) is 0 Å². The Balaban J connectivity index is 2.50. The molecule has 2 aromatic rings. The molecule has 0 saturated carbocycles. The van der Waals surface area contributed by atoms with Crippen molar-refractivity contribution < 1.29 is 4.79 Å². The maximum Gasteiger partial charge on any atom is 0.194 e. The van der Waals surface area contributed by atoms with E-state index in [0.29, 0.717) is 0 Å². The zero-order chi connectivity index (χ0) is 11.7. The Bertz CT molecular complexity index is 537. The van der Waals surface area contributed by atoms with Gasteiger partial charge in [0, 0.05) is 16.5 Å². The van der Waals surface area contributed by atoms with Crippen molar-refractivity contribution in [3.8, 4) is 0 Å². The van der Waals surface area contributed by atoms with Gasteiger partial charge in [-0.2, -0.15) is 11.3 Å². The molecular formula is C14H14OS. The van der Waals surface area contributed by atoms with Crippen molar-refractivity contribution in [2.45, 2.75) is 20.8 Å². The van der Waals surface area contributed by atoms with Gasteiger partial charge in [-0.25, -0.2) is 0 Å². The highest BCUT2D eigenvalue weighted by Crippen LogP contribution is 2.21. The van der Waals surface area contributed by atoms with Crippen LogP contribution in [0.2, 0.25) is 0 Å². The maximum absolute atomic E-state index is 12.3. The topological polar surface area (TPSA) is 17.1 Å². The van der Waals surface area contributed by atoms with E-state index in [9.17, 15) is 4.79 Å². The normalized spacial score (nSPS) is 10.4. The van der Waals surface area contributed by atoms with Gasteiger partial charge in [-0.05, 0) is 42.8 Å². The number of hydrogen-bond donors (Lipinski definition) is 0. The van der Waals surface area contributed by atoms with E-state index in [1.54, 1.807) is 11.3 Å². The van der Waals surface area contributed by atoms with Crippen molar-refractivity contribution in [1.82, 2.24) is 0 Å². The van der Waals surface area contributed by atoms with Gasteiger partial charge >= 0.3 is 0 Å². The van der Waals surface area contributed by atoms with Gasteiger partial charge < -0.3 is 0 Å². The lowest BCUT2D eigenvalue weighted by molar-refractivity contribution is 0.103. The molecule has 1 aromatic heterocycles.